The summed E-state index contributed by atoms with van der Waals surface area (Å²) in [6.07, 6.45) is 8.38. The molecule has 3 aromatic rings. The lowest BCUT2D eigenvalue weighted by molar-refractivity contribution is 0.0607. The fourth-order valence-corrected chi connectivity index (χ4v) is 3.72. The van der Waals surface area contributed by atoms with Gasteiger partial charge in [0.15, 0.2) is 0 Å². The first kappa shape index (κ1) is 15.9. The van der Waals surface area contributed by atoms with Gasteiger partial charge < -0.3 is 9.30 Å². The summed E-state index contributed by atoms with van der Waals surface area (Å²) in [6, 6.07) is 14.3. The van der Waals surface area contributed by atoms with Crippen molar-refractivity contribution < 1.29 is 4.79 Å². The highest BCUT2D eigenvalue weighted by Crippen LogP contribution is 2.23. The number of amides is 1. The number of nitrogens with zero attached hydrogens (tertiary/aromatic N) is 3. The van der Waals surface area contributed by atoms with Crippen molar-refractivity contribution in [3.05, 3.63) is 60.4 Å². The third-order valence-electron chi connectivity index (χ3n) is 5.13. The van der Waals surface area contributed by atoms with Gasteiger partial charge in [-0.05, 0) is 37.8 Å². The van der Waals surface area contributed by atoms with Crippen LogP contribution in [-0.4, -0.2) is 32.8 Å². The monoisotopic (exact) mass is 333 g/mol. The Kier molecular flexibility index (Phi) is 4.26. The van der Waals surface area contributed by atoms with Gasteiger partial charge in [-0.1, -0.05) is 37.3 Å². The topological polar surface area (TPSA) is 37.6 Å². The smallest absolute Gasteiger partial charge is 0.255 e. The molecule has 1 atom stereocenters. The molecule has 1 unspecified atom stereocenters. The lowest BCUT2D eigenvalue weighted by atomic mass is 9.99. The van der Waals surface area contributed by atoms with Gasteiger partial charge in [-0.25, -0.2) is 4.98 Å². The van der Waals surface area contributed by atoms with Crippen LogP contribution in [0.4, 0.5) is 0 Å². The number of benzene rings is 1. The van der Waals surface area contributed by atoms with E-state index in [1.165, 1.54) is 6.42 Å². The highest BCUT2D eigenvalue weighted by molar-refractivity contribution is 5.94. The summed E-state index contributed by atoms with van der Waals surface area (Å²) in [5, 5.41) is 0. The molecule has 4 heteroatoms. The summed E-state index contributed by atoms with van der Waals surface area (Å²) < 4.78 is 1.96. The number of carbonyl (C=O) groups is 1. The van der Waals surface area contributed by atoms with Crippen LogP contribution in [0.25, 0.3) is 16.9 Å². The Bertz CT molecular complexity index is 885. The van der Waals surface area contributed by atoms with Crippen LogP contribution in [0.3, 0.4) is 0 Å². The largest absolute Gasteiger partial charge is 0.336 e. The van der Waals surface area contributed by atoms with Crippen molar-refractivity contribution in [1.82, 2.24) is 14.3 Å². The van der Waals surface area contributed by atoms with Crippen molar-refractivity contribution in [2.45, 2.75) is 38.6 Å². The van der Waals surface area contributed by atoms with Gasteiger partial charge in [0.1, 0.15) is 5.65 Å². The summed E-state index contributed by atoms with van der Waals surface area (Å²) in [6.45, 7) is 3.04. The van der Waals surface area contributed by atoms with Crippen LogP contribution in [0, 0.1) is 0 Å². The zero-order valence-electron chi connectivity index (χ0n) is 14.6. The second kappa shape index (κ2) is 6.71. The third-order valence-corrected chi connectivity index (χ3v) is 5.13. The van der Waals surface area contributed by atoms with Crippen molar-refractivity contribution in [2.75, 3.05) is 6.54 Å². The van der Waals surface area contributed by atoms with Gasteiger partial charge in [0, 0.05) is 30.5 Å². The lowest BCUT2D eigenvalue weighted by Crippen LogP contribution is -2.43. The number of likely N-dealkylation sites (tertiary alicyclic amines) is 1. The number of rotatable bonds is 3. The zero-order valence-corrected chi connectivity index (χ0v) is 14.6. The van der Waals surface area contributed by atoms with Gasteiger partial charge in [-0.3, -0.25) is 4.79 Å². The maximum Gasteiger partial charge on any atom is 0.255 e. The van der Waals surface area contributed by atoms with Crippen LogP contribution in [-0.2, 0) is 0 Å². The average Bonchev–Trinajstić information content (AvgIpc) is 3.11. The number of carbonyl (C=O) groups excluding carboxylic acids is 1. The van der Waals surface area contributed by atoms with E-state index in [1.807, 2.05) is 59.3 Å². The Morgan fingerprint density at radius 3 is 2.76 bits per heavy atom. The molecule has 1 fully saturated rings. The highest BCUT2D eigenvalue weighted by atomic mass is 16.2. The summed E-state index contributed by atoms with van der Waals surface area (Å²) in [5.74, 6) is 0.142. The van der Waals surface area contributed by atoms with Gasteiger partial charge in [0.25, 0.3) is 5.91 Å². The summed E-state index contributed by atoms with van der Waals surface area (Å²) >= 11 is 0. The Hall–Kier alpha value is -2.62. The minimum atomic E-state index is 0.142. The molecule has 1 saturated heterocycles. The van der Waals surface area contributed by atoms with E-state index in [4.69, 9.17) is 0 Å². The van der Waals surface area contributed by atoms with Crippen LogP contribution in [0.15, 0.2) is 54.9 Å². The van der Waals surface area contributed by atoms with E-state index in [1.54, 1.807) is 0 Å². The predicted octanol–water partition coefficient (Wildman–Crippen LogP) is 4.41. The van der Waals surface area contributed by atoms with E-state index < -0.39 is 0 Å². The quantitative estimate of drug-likeness (QED) is 0.712. The van der Waals surface area contributed by atoms with Gasteiger partial charge in [-0.2, -0.15) is 0 Å². The maximum absolute atomic E-state index is 13.0. The average molecular weight is 333 g/mol. The first-order valence-corrected chi connectivity index (χ1v) is 9.11. The number of fused-ring (bicyclic) bond motifs is 1. The van der Waals surface area contributed by atoms with Gasteiger partial charge in [0.05, 0.1) is 11.3 Å². The number of hydrogen-bond acceptors (Lipinski definition) is 2. The molecule has 1 aliphatic rings. The SMILES string of the molecule is CCC1CCCCN1C(=O)c1ccc2nc(-c3ccccc3)cn2c1. The first-order valence-electron chi connectivity index (χ1n) is 9.11. The van der Waals surface area contributed by atoms with E-state index in [2.05, 4.69) is 16.8 Å². The molecule has 2 aromatic heterocycles. The Balaban J connectivity index is 1.65. The molecule has 1 aromatic carbocycles. The fourth-order valence-electron chi connectivity index (χ4n) is 3.72. The minimum Gasteiger partial charge on any atom is -0.336 e. The molecule has 0 radical (unpaired) electrons. The molecule has 25 heavy (non-hydrogen) atoms. The number of hydrogen-bond donors (Lipinski definition) is 0. The van der Waals surface area contributed by atoms with Gasteiger partial charge in [-0.15, -0.1) is 0 Å². The Morgan fingerprint density at radius 1 is 1.12 bits per heavy atom. The van der Waals surface area contributed by atoms with Crippen LogP contribution >= 0.6 is 0 Å². The Labute approximate surface area is 148 Å². The molecule has 3 heterocycles. The molecule has 0 saturated carbocycles. The molecule has 4 nitrogen and oxygen atoms in total. The third kappa shape index (κ3) is 3.04. The molecule has 0 N–H and O–H groups in total. The van der Waals surface area contributed by atoms with Crippen LogP contribution in [0.1, 0.15) is 43.0 Å². The molecule has 4 rings (SSSR count). The second-order valence-corrected chi connectivity index (χ2v) is 6.73. The summed E-state index contributed by atoms with van der Waals surface area (Å²) in [5.41, 5.74) is 3.61. The molecule has 128 valence electrons. The van der Waals surface area contributed by atoms with Crippen molar-refractivity contribution >= 4 is 11.6 Å². The number of imidazole rings is 1. The molecule has 0 bridgehead atoms. The number of piperidine rings is 1. The maximum atomic E-state index is 13.0. The summed E-state index contributed by atoms with van der Waals surface area (Å²) in [7, 11) is 0. The minimum absolute atomic E-state index is 0.142. The van der Waals surface area contributed by atoms with E-state index in [0.29, 0.717) is 6.04 Å². The van der Waals surface area contributed by atoms with Gasteiger partial charge in [0.2, 0.25) is 0 Å². The van der Waals surface area contributed by atoms with E-state index in [9.17, 15) is 4.79 Å². The fraction of sp³-hybridized carbons (Fsp3) is 0.333. The second-order valence-electron chi connectivity index (χ2n) is 6.73. The van der Waals surface area contributed by atoms with Crippen molar-refractivity contribution in [2.24, 2.45) is 0 Å². The number of pyridine rings is 1. The molecular formula is C21H23N3O. The van der Waals surface area contributed by atoms with Crippen molar-refractivity contribution in [1.29, 1.82) is 0 Å². The van der Waals surface area contributed by atoms with E-state index in [-0.39, 0.29) is 5.91 Å². The van der Waals surface area contributed by atoms with Crippen LogP contribution in [0.5, 0.6) is 0 Å². The zero-order chi connectivity index (χ0) is 17.2. The predicted molar refractivity (Wildman–Crippen MR) is 99.6 cm³/mol. The van der Waals surface area contributed by atoms with E-state index >= 15 is 0 Å². The van der Waals surface area contributed by atoms with E-state index in [0.717, 1.165) is 48.3 Å². The number of aromatic nitrogens is 2. The van der Waals surface area contributed by atoms with Crippen molar-refractivity contribution in [3.63, 3.8) is 0 Å². The molecular weight excluding hydrogens is 310 g/mol. The van der Waals surface area contributed by atoms with Crippen LogP contribution in [0.2, 0.25) is 0 Å². The normalized spacial score (nSPS) is 17.8. The summed E-state index contributed by atoms with van der Waals surface area (Å²) in [4.78, 5) is 19.7. The van der Waals surface area contributed by atoms with Crippen LogP contribution < -0.4 is 0 Å². The Morgan fingerprint density at radius 2 is 1.96 bits per heavy atom. The molecule has 1 aliphatic heterocycles. The van der Waals surface area contributed by atoms with Crippen molar-refractivity contribution in [3.8, 4) is 11.3 Å². The molecule has 0 spiro atoms. The molecule has 0 aliphatic carbocycles. The molecule has 1 amide bonds. The standard InChI is InChI=1S/C21H23N3O/c1-2-18-10-6-7-13-24(18)21(25)17-11-12-20-22-19(15-23(20)14-17)16-8-4-3-5-9-16/h3-5,8-9,11-12,14-15,18H,2,6-7,10,13H2,1H3. The first-order chi connectivity index (χ1) is 12.3. The van der Waals surface area contributed by atoms with Gasteiger partial charge >= 0.3 is 0 Å². The lowest BCUT2D eigenvalue weighted by Gasteiger charge is -2.35. The highest BCUT2D eigenvalue weighted by Gasteiger charge is 2.26.